The Morgan fingerprint density at radius 2 is 2.50 bits per heavy atom. The predicted molar refractivity (Wildman–Crippen MR) is 58.6 cm³/mol. The third kappa shape index (κ3) is 2.05. The minimum absolute atomic E-state index is 0.00973. The number of nitrogen functional groups attached to an aromatic ring is 1. The van der Waals surface area contributed by atoms with Crippen LogP contribution in [0.2, 0.25) is 0 Å². The van der Waals surface area contributed by atoms with Crippen LogP contribution in [-0.4, -0.2) is 28.3 Å². The second kappa shape index (κ2) is 4.58. The number of nitrogens with zero attached hydrogens (tertiary/aromatic N) is 1. The number of thioether (sulfide) groups is 1. The van der Waals surface area contributed by atoms with Crippen LogP contribution in [0.25, 0.3) is 0 Å². The van der Waals surface area contributed by atoms with Crippen LogP contribution < -0.4 is 11.3 Å². The summed E-state index contributed by atoms with van der Waals surface area (Å²) in [4.78, 5) is 24.4. The van der Waals surface area contributed by atoms with E-state index in [9.17, 15) is 9.59 Å². The Morgan fingerprint density at radius 1 is 1.69 bits per heavy atom. The first-order valence-electron chi connectivity index (χ1n) is 4.71. The van der Waals surface area contributed by atoms with Crippen molar-refractivity contribution < 1.29 is 14.0 Å². The lowest BCUT2D eigenvalue weighted by atomic mass is 10.2. The molecule has 2 amide bonds. The Hall–Kier alpha value is -1.47. The van der Waals surface area contributed by atoms with Crippen LogP contribution >= 0.6 is 11.8 Å². The predicted octanol–water partition coefficient (Wildman–Crippen LogP) is 0.552. The molecule has 0 saturated carbocycles. The van der Waals surface area contributed by atoms with Gasteiger partial charge in [0.1, 0.15) is 5.76 Å². The van der Waals surface area contributed by atoms with Crippen molar-refractivity contribution in [1.82, 2.24) is 10.3 Å². The van der Waals surface area contributed by atoms with Gasteiger partial charge < -0.3 is 9.32 Å². The third-order valence-electron chi connectivity index (χ3n) is 2.30. The maximum absolute atomic E-state index is 11.4. The Labute approximate surface area is 96.1 Å². The minimum Gasteiger partial charge on any atom is -0.467 e. The Balaban J connectivity index is 2.12. The third-order valence-corrected chi connectivity index (χ3v) is 3.19. The van der Waals surface area contributed by atoms with Crippen molar-refractivity contribution in [2.24, 2.45) is 5.84 Å². The Kier molecular flexibility index (Phi) is 3.16. The quantitative estimate of drug-likeness (QED) is 0.458. The number of hydrogen-bond donors (Lipinski definition) is 2. The van der Waals surface area contributed by atoms with Crippen molar-refractivity contribution >= 4 is 22.9 Å². The summed E-state index contributed by atoms with van der Waals surface area (Å²) in [6.45, 7) is 0.982. The van der Waals surface area contributed by atoms with Gasteiger partial charge in [0.2, 0.25) is 0 Å². The molecule has 0 spiro atoms. The van der Waals surface area contributed by atoms with E-state index in [4.69, 9.17) is 10.3 Å². The zero-order valence-electron chi connectivity index (χ0n) is 8.43. The van der Waals surface area contributed by atoms with Gasteiger partial charge in [0.25, 0.3) is 11.1 Å². The normalized spacial score (nSPS) is 15.6. The highest BCUT2D eigenvalue weighted by atomic mass is 32.2. The molecule has 1 fully saturated rings. The number of furan rings is 1. The lowest BCUT2D eigenvalue weighted by molar-refractivity contribution is 0.0950. The number of hydrogen-bond acceptors (Lipinski definition) is 5. The fourth-order valence-corrected chi connectivity index (χ4v) is 2.31. The fraction of sp³-hybridized carbons (Fsp3) is 0.333. The molecule has 0 aromatic carbocycles. The molecule has 2 rings (SSSR count). The highest BCUT2D eigenvalue weighted by Gasteiger charge is 2.24. The maximum Gasteiger partial charge on any atom is 0.282 e. The van der Waals surface area contributed by atoms with Gasteiger partial charge in [-0.05, 0) is 6.07 Å². The molecule has 1 saturated heterocycles. The topological polar surface area (TPSA) is 88.6 Å². The van der Waals surface area contributed by atoms with E-state index in [0.717, 1.165) is 5.75 Å². The highest BCUT2D eigenvalue weighted by molar-refractivity contribution is 8.13. The SMILES string of the molecule is NNC(=O)c1ccoc1CN1CCSC1=O. The van der Waals surface area contributed by atoms with Crippen molar-refractivity contribution in [3.8, 4) is 0 Å². The molecule has 2 heterocycles. The molecule has 0 radical (unpaired) electrons. The standard InChI is InChI=1S/C9H11N3O3S/c10-11-8(13)6-1-3-15-7(6)5-12-2-4-16-9(12)14/h1,3H,2,4-5,10H2,(H,11,13). The van der Waals surface area contributed by atoms with Crippen LogP contribution in [0, 0.1) is 0 Å². The van der Waals surface area contributed by atoms with Crippen LogP contribution in [0.3, 0.4) is 0 Å². The van der Waals surface area contributed by atoms with Crippen molar-refractivity contribution in [2.75, 3.05) is 12.3 Å². The van der Waals surface area contributed by atoms with Gasteiger partial charge in [-0.3, -0.25) is 15.0 Å². The minimum atomic E-state index is -0.414. The lowest BCUT2D eigenvalue weighted by Gasteiger charge is -2.13. The molecule has 6 nitrogen and oxygen atoms in total. The summed E-state index contributed by atoms with van der Waals surface area (Å²) in [6.07, 6.45) is 1.41. The number of carbonyl (C=O) groups is 2. The fourth-order valence-electron chi connectivity index (χ4n) is 1.49. The highest BCUT2D eigenvalue weighted by Crippen LogP contribution is 2.21. The number of rotatable bonds is 3. The van der Waals surface area contributed by atoms with Crippen molar-refractivity contribution in [3.05, 3.63) is 23.7 Å². The average Bonchev–Trinajstić information content (AvgIpc) is 2.88. The van der Waals surface area contributed by atoms with E-state index >= 15 is 0 Å². The molecule has 16 heavy (non-hydrogen) atoms. The Bertz CT molecular complexity index is 418. The summed E-state index contributed by atoms with van der Waals surface area (Å²) in [5.41, 5.74) is 2.40. The zero-order chi connectivity index (χ0) is 11.5. The molecule has 1 aromatic heterocycles. The molecule has 0 bridgehead atoms. The summed E-state index contributed by atoms with van der Waals surface area (Å²) in [5, 5.41) is 0.00973. The van der Waals surface area contributed by atoms with Gasteiger partial charge in [0.05, 0.1) is 18.4 Å². The summed E-state index contributed by atoms with van der Waals surface area (Å²) in [5.74, 6) is 5.86. The number of amides is 2. The molecule has 7 heteroatoms. The van der Waals surface area contributed by atoms with Gasteiger partial charge in [-0.2, -0.15) is 0 Å². The number of nitrogens with one attached hydrogen (secondary N) is 1. The van der Waals surface area contributed by atoms with Gasteiger partial charge in [-0.1, -0.05) is 11.8 Å². The van der Waals surface area contributed by atoms with E-state index in [1.54, 1.807) is 4.90 Å². The first kappa shape index (κ1) is 11.0. The van der Waals surface area contributed by atoms with Crippen LogP contribution in [0.15, 0.2) is 16.7 Å². The molecule has 86 valence electrons. The maximum atomic E-state index is 11.4. The molecule has 1 aromatic rings. The van der Waals surface area contributed by atoms with Crippen molar-refractivity contribution in [3.63, 3.8) is 0 Å². The summed E-state index contributed by atoms with van der Waals surface area (Å²) >= 11 is 1.27. The van der Waals surface area contributed by atoms with E-state index in [1.807, 2.05) is 5.43 Å². The molecule has 0 atom stereocenters. The first-order valence-corrected chi connectivity index (χ1v) is 5.70. The van der Waals surface area contributed by atoms with E-state index in [2.05, 4.69) is 0 Å². The number of hydrazine groups is 1. The monoisotopic (exact) mass is 241 g/mol. The van der Waals surface area contributed by atoms with Crippen molar-refractivity contribution in [1.29, 1.82) is 0 Å². The molecule has 0 aliphatic carbocycles. The second-order valence-corrected chi connectivity index (χ2v) is 4.31. The van der Waals surface area contributed by atoms with Crippen LogP contribution in [0.4, 0.5) is 4.79 Å². The largest absolute Gasteiger partial charge is 0.467 e. The van der Waals surface area contributed by atoms with Gasteiger partial charge in [0.15, 0.2) is 0 Å². The van der Waals surface area contributed by atoms with E-state index in [0.29, 0.717) is 24.4 Å². The molecule has 1 aliphatic heterocycles. The molecular weight excluding hydrogens is 230 g/mol. The first-order chi connectivity index (χ1) is 7.72. The van der Waals surface area contributed by atoms with Gasteiger partial charge in [-0.15, -0.1) is 0 Å². The molecular formula is C9H11N3O3S. The van der Waals surface area contributed by atoms with E-state index in [-0.39, 0.29) is 5.24 Å². The van der Waals surface area contributed by atoms with Gasteiger partial charge in [-0.25, -0.2) is 5.84 Å². The van der Waals surface area contributed by atoms with Gasteiger partial charge in [0, 0.05) is 12.3 Å². The lowest BCUT2D eigenvalue weighted by Crippen LogP contribution is -2.31. The summed E-state index contributed by atoms with van der Waals surface area (Å²) in [7, 11) is 0. The zero-order valence-corrected chi connectivity index (χ0v) is 9.25. The molecule has 0 unspecified atom stereocenters. The summed E-state index contributed by atoms with van der Waals surface area (Å²) in [6, 6.07) is 1.53. The number of carbonyl (C=O) groups excluding carboxylic acids is 2. The second-order valence-electron chi connectivity index (χ2n) is 3.27. The number of nitrogens with two attached hydrogens (primary N) is 1. The molecule has 1 aliphatic rings. The van der Waals surface area contributed by atoms with Crippen LogP contribution in [-0.2, 0) is 6.54 Å². The van der Waals surface area contributed by atoms with E-state index in [1.165, 1.54) is 24.1 Å². The van der Waals surface area contributed by atoms with Crippen LogP contribution in [0.1, 0.15) is 16.1 Å². The average molecular weight is 241 g/mol. The van der Waals surface area contributed by atoms with Gasteiger partial charge >= 0.3 is 0 Å². The summed E-state index contributed by atoms with van der Waals surface area (Å²) < 4.78 is 5.18. The Morgan fingerprint density at radius 3 is 3.12 bits per heavy atom. The van der Waals surface area contributed by atoms with Crippen LogP contribution in [0.5, 0.6) is 0 Å². The molecule has 3 N–H and O–H groups in total. The van der Waals surface area contributed by atoms with E-state index < -0.39 is 5.91 Å². The van der Waals surface area contributed by atoms with Crippen molar-refractivity contribution in [2.45, 2.75) is 6.54 Å². The smallest absolute Gasteiger partial charge is 0.282 e.